The second-order valence-corrected chi connectivity index (χ2v) is 11.8. The third-order valence-electron chi connectivity index (χ3n) is 9.21. The minimum Gasteiger partial charge on any atom is -0.469 e. The molecular weight excluding hydrogens is 540 g/mol. The Hall–Kier alpha value is -3.09. The average Bonchev–Trinajstić information content (AvgIpc) is 3.59. The van der Waals surface area contributed by atoms with Crippen molar-refractivity contribution in [1.82, 2.24) is 39.6 Å². The molecule has 3 aromatic rings. The molecule has 4 heterocycles. The predicted molar refractivity (Wildman–Crippen MR) is 141 cm³/mol. The van der Waals surface area contributed by atoms with E-state index in [-0.39, 0.29) is 31.0 Å². The zero-order chi connectivity index (χ0) is 28.6. The van der Waals surface area contributed by atoms with Gasteiger partial charge in [-0.15, -0.1) is 15.3 Å². The summed E-state index contributed by atoms with van der Waals surface area (Å²) in [5, 5.41) is 17.7. The van der Waals surface area contributed by atoms with Crippen LogP contribution in [0.5, 0.6) is 5.88 Å². The van der Waals surface area contributed by atoms with E-state index < -0.39 is 11.7 Å². The maximum absolute atomic E-state index is 13.0. The molecule has 6 rings (SSSR count). The van der Waals surface area contributed by atoms with Crippen LogP contribution in [-0.2, 0) is 19.8 Å². The molecule has 2 saturated carbocycles. The smallest absolute Gasteiger partial charge is 0.416 e. The fraction of sp³-hybridized carbons (Fsp3) is 0.679. The van der Waals surface area contributed by atoms with Crippen LogP contribution in [0.25, 0.3) is 0 Å². The summed E-state index contributed by atoms with van der Waals surface area (Å²) in [6.07, 6.45) is 7.04. The van der Waals surface area contributed by atoms with Crippen molar-refractivity contribution in [3.8, 4) is 5.88 Å². The highest BCUT2D eigenvalue weighted by atomic mass is 19.4. The highest BCUT2D eigenvalue weighted by Crippen LogP contribution is 2.40. The van der Waals surface area contributed by atoms with Crippen molar-refractivity contribution in [2.45, 2.75) is 88.1 Å². The Morgan fingerprint density at radius 1 is 0.927 bits per heavy atom. The first-order chi connectivity index (χ1) is 19.8. The van der Waals surface area contributed by atoms with Gasteiger partial charge in [0.05, 0.1) is 24.0 Å². The third kappa shape index (κ3) is 6.09. The van der Waals surface area contributed by atoms with Gasteiger partial charge in [-0.05, 0) is 57.4 Å². The van der Waals surface area contributed by atoms with E-state index >= 15 is 0 Å². The van der Waals surface area contributed by atoms with Gasteiger partial charge in [-0.2, -0.15) is 13.2 Å². The molecule has 0 radical (unpaired) electrons. The fourth-order valence-electron chi connectivity index (χ4n) is 6.66. The number of alkyl halides is 4. The van der Waals surface area contributed by atoms with E-state index in [9.17, 15) is 17.6 Å². The van der Waals surface area contributed by atoms with Gasteiger partial charge in [0.1, 0.15) is 12.4 Å². The monoisotopic (exact) mass is 576 g/mol. The molecule has 0 N–H and O–H groups in total. The van der Waals surface area contributed by atoms with Crippen molar-refractivity contribution in [2.75, 3.05) is 19.8 Å². The van der Waals surface area contributed by atoms with E-state index in [2.05, 4.69) is 41.3 Å². The van der Waals surface area contributed by atoms with Crippen LogP contribution in [0.4, 0.5) is 17.6 Å². The van der Waals surface area contributed by atoms with Crippen LogP contribution in [0.3, 0.4) is 0 Å². The van der Waals surface area contributed by atoms with Crippen LogP contribution in [0.2, 0.25) is 0 Å². The first-order valence-electron chi connectivity index (χ1n) is 14.5. The van der Waals surface area contributed by atoms with Gasteiger partial charge in [-0.1, -0.05) is 5.21 Å². The first-order valence-corrected chi connectivity index (χ1v) is 14.5. The standard InChI is InChI=1S/C28H36F4N8O/c1-38-25(17-41-26-12-21(10-11-33-26)28(30,31)32)35-36-27(38)20-4-2-19(3-5-20)24-16-40(37-34-24)23-8-6-22(7-9-23)39-14-18(13-29)15-39/h10-12,16,18-20,22-23H,2-9,13-15,17H2,1H3/t19-,20-,22-,23-. The fourth-order valence-corrected chi connectivity index (χ4v) is 6.66. The Kier molecular flexibility index (Phi) is 7.97. The van der Waals surface area contributed by atoms with Crippen molar-refractivity contribution in [1.29, 1.82) is 0 Å². The van der Waals surface area contributed by atoms with Gasteiger partial charge in [0.25, 0.3) is 0 Å². The molecule has 0 unspecified atom stereocenters. The molecule has 0 amide bonds. The summed E-state index contributed by atoms with van der Waals surface area (Å²) in [5.74, 6) is 2.13. The van der Waals surface area contributed by atoms with E-state index in [0.717, 1.165) is 94.3 Å². The summed E-state index contributed by atoms with van der Waals surface area (Å²) in [4.78, 5) is 6.32. The van der Waals surface area contributed by atoms with Gasteiger partial charge >= 0.3 is 6.18 Å². The molecule has 0 bridgehead atoms. The molecule has 2 aliphatic carbocycles. The highest BCUT2D eigenvalue weighted by molar-refractivity contribution is 5.23. The Bertz CT molecular complexity index is 1300. The Morgan fingerprint density at radius 2 is 1.63 bits per heavy atom. The summed E-state index contributed by atoms with van der Waals surface area (Å²) in [5.41, 5.74) is 0.251. The number of aromatic nitrogens is 7. The second kappa shape index (κ2) is 11.7. The van der Waals surface area contributed by atoms with Crippen LogP contribution in [0.1, 0.15) is 92.2 Å². The van der Waals surface area contributed by atoms with E-state index in [1.54, 1.807) is 0 Å². The maximum Gasteiger partial charge on any atom is 0.416 e. The van der Waals surface area contributed by atoms with Crippen LogP contribution in [0, 0.1) is 5.92 Å². The summed E-state index contributed by atoms with van der Waals surface area (Å²) >= 11 is 0. The lowest BCUT2D eigenvalue weighted by Crippen LogP contribution is -2.53. The van der Waals surface area contributed by atoms with Crippen molar-refractivity contribution in [2.24, 2.45) is 13.0 Å². The normalized spacial score (nSPS) is 26.2. The average molecular weight is 577 g/mol. The molecule has 3 fully saturated rings. The molecule has 0 atom stereocenters. The number of halogens is 4. The largest absolute Gasteiger partial charge is 0.469 e. The van der Waals surface area contributed by atoms with Gasteiger partial charge in [-0.25, -0.2) is 9.67 Å². The van der Waals surface area contributed by atoms with Gasteiger partial charge in [-0.3, -0.25) is 9.29 Å². The summed E-state index contributed by atoms with van der Waals surface area (Å²) < 4.78 is 61.1. The van der Waals surface area contributed by atoms with E-state index in [4.69, 9.17) is 4.74 Å². The SMILES string of the molecule is Cn1c(COc2cc(C(F)(F)F)ccn2)nnc1[C@H]1CC[C@H](c2cn([C@H]3CC[C@H](N4CC(CF)C4)CC3)nn2)CC1. The number of ether oxygens (including phenoxy) is 1. The van der Waals surface area contributed by atoms with Crippen molar-refractivity contribution in [3.63, 3.8) is 0 Å². The van der Waals surface area contributed by atoms with Crippen molar-refractivity contribution in [3.05, 3.63) is 47.4 Å². The lowest BCUT2D eigenvalue weighted by molar-refractivity contribution is -0.137. The zero-order valence-electron chi connectivity index (χ0n) is 23.2. The molecule has 3 aliphatic rings. The third-order valence-corrected chi connectivity index (χ3v) is 9.21. The summed E-state index contributed by atoms with van der Waals surface area (Å²) in [6, 6.07) is 2.76. The molecular formula is C28H36F4N8O. The van der Waals surface area contributed by atoms with Gasteiger partial charge in [0, 0.05) is 62.4 Å². The minimum absolute atomic E-state index is 0.0195. The summed E-state index contributed by atoms with van der Waals surface area (Å²) in [7, 11) is 1.86. The van der Waals surface area contributed by atoms with Crippen LogP contribution >= 0.6 is 0 Å². The maximum atomic E-state index is 13.0. The Labute approximate surface area is 236 Å². The van der Waals surface area contributed by atoms with Crippen LogP contribution < -0.4 is 4.74 Å². The Balaban J connectivity index is 0.988. The van der Waals surface area contributed by atoms with Crippen LogP contribution in [-0.4, -0.2) is 65.4 Å². The van der Waals surface area contributed by atoms with E-state index in [1.165, 1.54) is 0 Å². The molecule has 0 spiro atoms. The predicted octanol–water partition coefficient (Wildman–Crippen LogP) is 5.23. The first kappa shape index (κ1) is 28.0. The van der Waals surface area contributed by atoms with Gasteiger partial charge in [0.15, 0.2) is 5.82 Å². The quantitative estimate of drug-likeness (QED) is 0.340. The number of hydrogen-bond acceptors (Lipinski definition) is 7. The molecule has 0 aromatic carbocycles. The zero-order valence-corrected chi connectivity index (χ0v) is 23.2. The number of likely N-dealkylation sites (tertiary alicyclic amines) is 1. The molecule has 1 aliphatic heterocycles. The second-order valence-electron chi connectivity index (χ2n) is 11.8. The lowest BCUT2D eigenvalue weighted by Gasteiger charge is -2.45. The molecule has 222 valence electrons. The molecule has 1 saturated heterocycles. The number of rotatable bonds is 8. The molecule has 3 aromatic heterocycles. The van der Waals surface area contributed by atoms with E-state index in [1.807, 2.05) is 11.6 Å². The molecule has 41 heavy (non-hydrogen) atoms. The lowest BCUT2D eigenvalue weighted by atomic mass is 9.80. The topological polar surface area (TPSA) is 86.8 Å². The summed E-state index contributed by atoms with van der Waals surface area (Å²) in [6.45, 7) is 1.59. The number of hydrogen-bond donors (Lipinski definition) is 0. The molecule has 9 nitrogen and oxygen atoms in total. The number of nitrogens with zero attached hydrogens (tertiary/aromatic N) is 8. The van der Waals surface area contributed by atoms with Gasteiger partial charge < -0.3 is 9.30 Å². The van der Waals surface area contributed by atoms with Crippen molar-refractivity contribution >= 4 is 0 Å². The highest BCUT2D eigenvalue weighted by Gasteiger charge is 2.35. The Morgan fingerprint density at radius 3 is 2.34 bits per heavy atom. The molecule has 13 heteroatoms. The van der Waals surface area contributed by atoms with Crippen molar-refractivity contribution < 1.29 is 22.3 Å². The van der Waals surface area contributed by atoms with Crippen LogP contribution in [0.15, 0.2) is 24.5 Å². The minimum atomic E-state index is -4.46. The number of pyridine rings is 1. The van der Waals surface area contributed by atoms with E-state index in [0.29, 0.717) is 23.8 Å². The van der Waals surface area contributed by atoms with Gasteiger partial charge in [0.2, 0.25) is 5.88 Å².